The lowest BCUT2D eigenvalue weighted by molar-refractivity contribution is -0.133. The summed E-state index contributed by atoms with van der Waals surface area (Å²) in [5.74, 6) is -0.903. The Morgan fingerprint density at radius 3 is 2.41 bits per heavy atom. The van der Waals surface area contributed by atoms with Crippen molar-refractivity contribution in [3.8, 4) is 11.8 Å². The molecule has 0 saturated carbocycles. The number of carbonyl (C=O) groups is 2. The number of halogens is 2. The van der Waals surface area contributed by atoms with Crippen molar-refractivity contribution in [1.29, 1.82) is 0 Å². The molecule has 0 saturated heterocycles. The summed E-state index contributed by atoms with van der Waals surface area (Å²) in [6, 6.07) is 1.10. The topological polar surface area (TPSA) is 63.6 Å². The molecule has 88 valence electrons. The molecule has 0 spiro atoms. The van der Waals surface area contributed by atoms with Gasteiger partial charge in [-0.15, -0.1) is 0 Å². The van der Waals surface area contributed by atoms with Gasteiger partial charge in [0.15, 0.2) is 11.6 Å². The van der Waals surface area contributed by atoms with Crippen LogP contribution in [0.15, 0.2) is 12.1 Å². The summed E-state index contributed by atoms with van der Waals surface area (Å²) in [5.41, 5.74) is -0.831. The van der Waals surface area contributed by atoms with Crippen molar-refractivity contribution in [3.63, 3.8) is 0 Å². The summed E-state index contributed by atoms with van der Waals surface area (Å²) in [7, 11) is 1.08. The molecule has 4 nitrogen and oxygen atoms in total. The number of benzene rings is 1. The van der Waals surface area contributed by atoms with Crippen molar-refractivity contribution in [2.24, 2.45) is 0 Å². The third-order valence-electron chi connectivity index (χ3n) is 1.78. The second-order valence-corrected chi connectivity index (χ2v) is 2.86. The first-order chi connectivity index (χ1) is 7.95. The first-order valence-corrected chi connectivity index (χ1v) is 4.28. The number of methoxy groups -OCH3 is 1. The van der Waals surface area contributed by atoms with Crippen LogP contribution in [-0.2, 0) is 9.53 Å². The molecule has 0 aliphatic carbocycles. The van der Waals surface area contributed by atoms with E-state index in [1.54, 1.807) is 0 Å². The molecule has 0 aliphatic heterocycles. The zero-order chi connectivity index (χ0) is 13.0. The first kappa shape index (κ1) is 12.6. The number of esters is 1. The number of ether oxygens (including phenoxy) is 1. The molecule has 0 aliphatic rings. The van der Waals surface area contributed by atoms with E-state index in [0.717, 1.165) is 7.11 Å². The van der Waals surface area contributed by atoms with E-state index in [2.05, 4.69) is 10.7 Å². The molecule has 1 N–H and O–H groups in total. The fourth-order valence-corrected chi connectivity index (χ4v) is 0.997. The van der Waals surface area contributed by atoms with E-state index >= 15 is 0 Å². The van der Waals surface area contributed by atoms with E-state index in [4.69, 9.17) is 5.11 Å². The Kier molecular flexibility index (Phi) is 3.78. The summed E-state index contributed by atoms with van der Waals surface area (Å²) in [6.07, 6.45) is 0. The van der Waals surface area contributed by atoms with E-state index < -0.39 is 29.1 Å². The number of aromatic carboxylic acids is 1. The van der Waals surface area contributed by atoms with Gasteiger partial charge in [-0.3, -0.25) is 0 Å². The van der Waals surface area contributed by atoms with Gasteiger partial charge in [0.1, 0.15) is 0 Å². The van der Waals surface area contributed by atoms with Gasteiger partial charge in [-0.25, -0.2) is 18.4 Å². The van der Waals surface area contributed by atoms with Crippen LogP contribution in [0, 0.1) is 23.5 Å². The van der Waals surface area contributed by atoms with Crippen molar-refractivity contribution in [1.82, 2.24) is 0 Å². The highest BCUT2D eigenvalue weighted by Gasteiger charge is 2.14. The van der Waals surface area contributed by atoms with Crippen LogP contribution in [-0.4, -0.2) is 24.2 Å². The van der Waals surface area contributed by atoms with Crippen molar-refractivity contribution in [2.75, 3.05) is 7.11 Å². The number of rotatable bonds is 1. The predicted molar refractivity (Wildman–Crippen MR) is 52.2 cm³/mol. The highest BCUT2D eigenvalue weighted by Crippen LogP contribution is 2.14. The SMILES string of the molecule is COC(=O)C#Cc1cc(F)c(F)cc1C(=O)O. The lowest BCUT2D eigenvalue weighted by atomic mass is 10.1. The van der Waals surface area contributed by atoms with Crippen LogP contribution in [0.5, 0.6) is 0 Å². The fourth-order valence-electron chi connectivity index (χ4n) is 0.997. The Bertz CT molecular complexity index is 540. The highest BCUT2D eigenvalue weighted by atomic mass is 19.2. The maximum absolute atomic E-state index is 12.9. The molecule has 0 radical (unpaired) electrons. The second kappa shape index (κ2) is 5.07. The van der Waals surface area contributed by atoms with Crippen molar-refractivity contribution in [2.45, 2.75) is 0 Å². The molecule has 1 rings (SSSR count). The Morgan fingerprint density at radius 2 is 1.88 bits per heavy atom. The van der Waals surface area contributed by atoms with E-state index in [9.17, 15) is 18.4 Å². The van der Waals surface area contributed by atoms with E-state index in [0.29, 0.717) is 12.1 Å². The van der Waals surface area contributed by atoms with Crippen LogP contribution in [0.2, 0.25) is 0 Å². The molecular formula is C11H6F2O4. The lowest BCUT2D eigenvalue weighted by Gasteiger charge is -2.00. The molecular weight excluding hydrogens is 234 g/mol. The molecule has 17 heavy (non-hydrogen) atoms. The van der Waals surface area contributed by atoms with E-state index in [-0.39, 0.29) is 5.56 Å². The van der Waals surface area contributed by atoms with Gasteiger partial charge in [-0.05, 0) is 12.1 Å². The van der Waals surface area contributed by atoms with Gasteiger partial charge >= 0.3 is 11.9 Å². The average molecular weight is 240 g/mol. The summed E-state index contributed by atoms with van der Waals surface area (Å²) < 4.78 is 29.9. The maximum Gasteiger partial charge on any atom is 0.384 e. The largest absolute Gasteiger partial charge is 0.478 e. The highest BCUT2D eigenvalue weighted by molar-refractivity contribution is 5.93. The van der Waals surface area contributed by atoms with Crippen LogP contribution >= 0.6 is 0 Å². The van der Waals surface area contributed by atoms with Gasteiger partial charge in [-0.2, -0.15) is 0 Å². The molecule has 0 aromatic heterocycles. The molecule has 6 heteroatoms. The van der Waals surface area contributed by atoms with E-state index in [1.807, 2.05) is 5.92 Å². The molecule has 0 atom stereocenters. The lowest BCUT2D eigenvalue weighted by Crippen LogP contribution is -2.03. The third kappa shape index (κ3) is 3.01. The molecule has 0 unspecified atom stereocenters. The van der Waals surface area contributed by atoms with Gasteiger partial charge in [-0.1, -0.05) is 5.92 Å². The normalized spacial score (nSPS) is 9.12. The first-order valence-electron chi connectivity index (χ1n) is 4.28. The van der Waals surface area contributed by atoms with Gasteiger partial charge in [0, 0.05) is 11.5 Å². The molecule has 1 aromatic carbocycles. The van der Waals surface area contributed by atoms with Gasteiger partial charge in [0.25, 0.3) is 0 Å². The molecule has 0 amide bonds. The maximum atomic E-state index is 12.9. The van der Waals surface area contributed by atoms with Crippen LogP contribution in [0.25, 0.3) is 0 Å². The zero-order valence-corrected chi connectivity index (χ0v) is 8.58. The minimum Gasteiger partial charge on any atom is -0.478 e. The molecule has 0 bridgehead atoms. The monoisotopic (exact) mass is 240 g/mol. The summed E-state index contributed by atoms with van der Waals surface area (Å²) in [4.78, 5) is 21.4. The number of carbonyl (C=O) groups excluding carboxylic acids is 1. The minimum absolute atomic E-state index is 0.304. The standard InChI is InChI=1S/C11H6F2O4/c1-17-10(14)3-2-6-4-8(12)9(13)5-7(6)11(15)16/h4-5H,1H3,(H,15,16). The summed E-state index contributed by atoms with van der Waals surface area (Å²) >= 11 is 0. The Labute approximate surface area is 94.8 Å². The molecule has 0 fully saturated rings. The second-order valence-electron chi connectivity index (χ2n) is 2.86. The smallest absolute Gasteiger partial charge is 0.384 e. The molecule has 1 aromatic rings. The quantitative estimate of drug-likeness (QED) is 0.591. The predicted octanol–water partition coefficient (Wildman–Crippen LogP) is 1.19. The average Bonchev–Trinajstić information content (AvgIpc) is 2.29. The Balaban J connectivity index is 3.30. The number of hydrogen-bond donors (Lipinski definition) is 1. The number of carboxylic acid groups (broad SMARTS) is 1. The number of hydrogen-bond acceptors (Lipinski definition) is 3. The van der Waals surface area contributed by atoms with Gasteiger partial charge < -0.3 is 9.84 Å². The fraction of sp³-hybridized carbons (Fsp3) is 0.0909. The van der Waals surface area contributed by atoms with Crippen molar-refractivity contribution < 1.29 is 28.2 Å². The third-order valence-corrected chi connectivity index (χ3v) is 1.78. The Hall–Kier alpha value is -2.42. The summed E-state index contributed by atoms with van der Waals surface area (Å²) in [6.45, 7) is 0. The van der Waals surface area contributed by atoms with Gasteiger partial charge in [0.05, 0.1) is 12.7 Å². The molecule has 0 heterocycles. The van der Waals surface area contributed by atoms with Crippen LogP contribution in [0.1, 0.15) is 15.9 Å². The van der Waals surface area contributed by atoms with Crippen molar-refractivity contribution >= 4 is 11.9 Å². The van der Waals surface area contributed by atoms with Crippen LogP contribution < -0.4 is 0 Å². The summed E-state index contributed by atoms with van der Waals surface area (Å²) in [5, 5.41) is 8.73. The van der Waals surface area contributed by atoms with Crippen molar-refractivity contribution in [3.05, 3.63) is 34.9 Å². The van der Waals surface area contributed by atoms with Crippen LogP contribution in [0.3, 0.4) is 0 Å². The zero-order valence-electron chi connectivity index (χ0n) is 8.58. The van der Waals surface area contributed by atoms with E-state index in [1.165, 1.54) is 0 Å². The van der Waals surface area contributed by atoms with Crippen LogP contribution in [0.4, 0.5) is 8.78 Å². The van der Waals surface area contributed by atoms with Gasteiger partial charge in [0.2, 0.25) is 0 Å². The number of carboxylic acids is 1. The minimum atomic E-state index is -1.47. The Morgan fingerprint density at radius 1 is 1.29 bits per heavy atom.